The van der Waals surface area contributed by atoms with E-state index in [2.05, 4.69) is 4.74 Å². The number of hydrogen-bond donors (Lipinski definition) is 0. The fourth-order valence-corrected chi connectivity index (χ4v) is 2.61. The van der Waals surface area contributed by atoms with Gasteiger partial charge in [0.15, 0.2) is 0 Å². The maximum absolute atomic E-state index is 11.8. The quantitative estimate of drug-likeness (QED) is 0.703. The summed E-state index contributed by atoms with van der Waals surface area (Å²) in [6, 6.07) is 0. The molecule has 3 unspecified atom stereocenters. The predicted octanol–water partition coefficient (Wildman–Crippen LogP) is 3.51. The minimum atomic E-state index is -4.85. The third kappa shape index (κ3) is 3.68. The van der Waals surface area contributed by atoms with E-state index in [-0.39, 0.29) is 12.3 Å². The van der Waals surface area contributed by atoms with E-state index < -0.39 is 12.3 Å². The molecule has 0 aliphatic heterocycles. The lowest BCUT2D eigenvalue weighted by molar-refractivity contribution is -0.306. The second-order valence-corrected chi connectivity index (χ2v) is 4.51. The Kier molecular flexibility index (Phi) is 4.21. The molecule has 0 aromatic carbocycles. The van der Waals surface area contributed by atoms with Gasteiger partial charge < -0.3 is 4.74 Å². The van der Waals surface area contributed by atoms with Gasteiger partial charge in [-0.05, 0) is 24.2 Å². The molecule has 1 aliphatic rings. The van der Waals surface area contributed by atoms with Crippen LogP contribution in [0.1, 0.15) is 39.5 Å². The molecular weight excluding hydrogens is 221 g/mol. The summed E-state index contributed by atoms with van der Waals surface area (Å²) in [7, 11) is 0. The van der Waals surface area contributed by atoms with Crippen molar-refractivity contribution in [2.24, 2.45) is 17.8 Å². The van der Waals surface area contributed by atoms with E-state index in [9.17, 15) is 18.0 Å². The zero-order valence-electron chi connectivity index (χ0n) is 9.51. The first-order chi connectivity index (χ1) is 7.33. The molecule has 94 valence electrons. The van der Waals surface area contributed by atoms with Crippen molar-refractivity contribution in [2.75, 3.05) is 0 Å². The summed E-state index contributed by atoms with van der Waals surface area (Å²) in [6.07, 6.45) is -2.06. The van der Waals surface area contributed by atoms with Gasteiger partial charge in [0.25, 0.3) is 0 Å². The van der Waals surface area contributed by atoms with E-state index in [1.807, 2.05) is 13.8 Å². The molecule has 0 amide bonds. The SMILES string of the molecule is CCC1CCC(C)C1CC(=O)OC(F)(F)F. The van der Waals surface area contributed by atoms with Gasteiger partial charge in [-0.25, -0.2) is 0 Å². The van der Waals surface area contributed by atoms with E-state index in [0.29, 0.717) is 11.8 Å². The number of halogens is 3. The lowest BCUT2D eigenvalue weighted by Crippen LogP contribution is -2.24. The van der Waals surface area contributed by atoms with Crippen LogP contribution in [0, 0.1) is 17.8 Å². The summed E-state index contributed by atoms with van der Waals surface area (Å²) in [6.45, 7) is 3.99. The van der Waals surface area contributed by atoms with Gasteiger partial charge >= 0.3 is 12.3 Å². The molecule has 0 radical (unpaired) electrons. The molecule has 1 fully saturated rings. The highest BCUT2D eigenvalue weighted by atomic mass is 19.4. The number of rotatable bonds is 3. The molecule has 1 rings (SSSR count). The molecule has 0 aromatic rings. The number of esters is 1. The topological polar surface area (TPSA) is 26.3 Å². The number of hydrogen-bond acceptors (Lipinski definition) is 2. The van der Waals surface area contributed by atoms with Gasteiger partial charge in [0.05, 0.1) is 0 Å². The monoisotopic (exact) mass is 238 g/mol. The van der Waals surface area contributed by atoms with E-state index >= 15 is 0 Å². The van der Waals surface area contributed by atoms with Gasteiger partial charge in [-0.15, -0.1) is 13.2 Å². The van der Waals surface area contributed by atoms with Crippen LogP contribution in [0.3, 0.4) is 0 Å². The Hall–Kier alpha value is -0.740. The largest absolute Gasteiger partial charge is 0.575 e. The molecule has 0 bridgehead atoms. The number of carbonyl (C=O) groups is 1. The summed E-state index contributed by atoms with van der Waals surface area (Å²) in [5, 5.41) is 0. The Morgan fingerprint density at radius 2 is 2.00 bits per heavy atom. The lowest BCUT2D eigenvalue weighted by atomic mass is 9.86. The first-order valence-corrected chi connectivity index (χ1v) is 5.62. The second-order valence-electron chi connectivity index (χ2n) is 4.51. The number of carbonyl (C=O) groups excluding carboxylic acids is 1. The molecule has 3 atom stereocenters. The minimum Gasteiger partial charge on any atom is -0.373 e. The highest BCUT2D eigenvalue weighted by Crippen LogP contribution is 2.41. The van der Waals surface area contributed by atoms with E-state index in [4.69, 9.17) is 0 Å². The van der Waals surface area contributed by atoms with E-state index in [1.165, 1.54) is 0 Å². The standard InChI is InChI=1S/C11H17F3O2/c1-3-8-5-4-7(2)9(8)6-10(15)16-11(12,13)14/h7-9H,3-6H2,1-2H3. The van der Waals surface area contributed by atoms with Crippen LogP contribution in [0.4, 0.5) is 13.2 Å². The summed E-state index contributed by atoms with van der Waals surface area (Å²) in [5.74, 6) is -0.439. The summed E-state index contributed by atoms with van der Waals surface area (Å²) < 4.78 is 38.8. The van der Waals surface area contributed by atoms with Gasteiger partial charge in [0.1, 0.15) is 0 Å². The molecule has 16 heavy (non-hydrogen) atoms. The molecule has 0 N–H and O–H groups in total. The van der Waals surface area contributed by atoms with E-state index in [0.717, 1.165) is 19.3 Å². The van der Waals surface area contributed by atoms with Crippen molar-refractivity contribution in [3.63, 3.8) is 0 Å². The fourth-order valence-electron chi connectivity index (χ4n) is 2.61. The first kappa shape index (κ1) is 13.3. The molecule has 1 saturated carbocycles. The zero-order valence-corrected chi connectivity index (χ0v) is 9.51. The first-order valence-electron chi connectivity index (χ1n) is 5.62. The molecule has 1 aliphatic carbocycles. The average molecular weight is 238 g/mol. The summed E-state index contributed by atoms with van der Waals surface area (Å²) in [4.78, 5) is 11.1. The van der Waals surface area contributed by atoms with Gasteiger partial charge in [-0.3, -0.25) is 4.79 Å². The highest BCUT2D eigenvalue weighted by Gasteiger charge is 2.38. The van der Waals surface area contributed by atoms with Crippen LogP contribution in [0.15, 0.2) is 0 Å². The molecule has 0 heterocycles. The maximum atomic E-state index is 11.8. The zero-order chi connectivity index (χ0) is 12.3. The van der Waals surface area contributed by atoms with Crippen molar-refractivity contribution >= 4 is 5.97 Å². The van der Waals surface area contributed by atoms with Gasteiger partial charge in [0.2, 0.25) is 0 Å². The normalized spacial score (nSPS) is 30.4. The van der Waals surface area contributed by atoms with Crippen LogP contribution in [0.2, 0.25) is 0 Å². The van der Waals surface area contributed by atoms with Crippen LogP contribution in [-0.2, 0) is 9.53 Å². The molecule has 2 nitrogen and oxygen atoms in total. The Bertz CT molecular complexity index is 250. The Morgan fingerprint density at radius 1 is 1.38 bits per heavy atom. The van der Waals surface area contributed by atoms with Crippen molar-refractivity contribution in [1.29, 1.82) is 0 Å². The molecule has 0 spiro atoms. The van der Waals surface area contributed by atoms with E-state index in [1.54, 1.807) is 0 Å². The van der Waals surface area contributed by atoms with Gasteiger partial charge in [0, 0.05) is 6.42 Å². The van der Waals surface area contributed by atoms with Crippen LogP contribution in [-0.4, -0.2) is 12.3 Å². The van der Waals surface area contributed by atoms with Crippen molar-refractivity contribution in [1.82, 2.24) is 0 Å². The predicted molar refractivity (Wildman–Crippen MR) is 52.4 cm³/mol. The second kappa shape index (κ2) is 5.06. The van der Waals surface area contributed by atoms with Crippen LogP contribution >= 0.6 is 0 Å². The van der Waals surface area contributed by atoms with Gasteiger partial charge in [-0.1, -0.05) is 26.7 Å². The highest BCUT2D eigenvalue weighted by molar-refractivity contribution is 5.70. The van der Waals surface area contributed by atoms with Crippen molar-refractivity contribution in [2.45, 2.75) is 45.9 Å². The Balaban J connectivity index is 2.49. The Labute approximate surface area is 93.2 Å². The summed E-state index contributed by atoms with van der Waals surface area (Å²) >= 11 is 0. The molecule has 0 aromatic heterocycles. The van der Waals surface area contributed by atoms with Crippen LogP contribution in [0.5, 0.6) is 0 Å². The average Bonchev–Trinajstić information content (AvgIpc) is 2.44. The fraction of sp³-hybridized carbons (Fsp3) is 0.909. The minimum absolute atomic E-state index is 0.0415. The third-order valence-electron chi connectivity index (χ3n) is 3.49. The maximum Gasteiger partial charge on any atom is 0.575 e. The van der Waals surface area contributed by atoms with Crippen molar-refractivity contribution in [3.05, 3.63) is 0 Å². The smallest absolute Gasteiger partial charge is 0.373 e. The summed E-state index contributed by atoms with van der Waals surface area (Å²) in [5.41, 5.74) is 0. The number of ether oxygens (including phenoxy) is 1. The molecule has 0 saturated heterocycles. The third-order valence-corrected chi connectivity index (χ3v) is 3.49. The number of alkyl halides is 3. The van der Waals surface area contributed by atoms with Crippen molar-refractivity contribution < 1.29 is 22.7 Å². The van der Waals surface area contributed by atoms with Crippen molar-refractivity contribution in [3.8, 4) is 0 Å². The van der Waals surface area contributed by atoms with Crippen LogP contribution < -0.4 is 0 Å². The van der Waals surface area contributed by atoms with Gasteiger partial charge in [-0.2, -0.15) is 0 Å². The molecular formula is C11H17F3O2. The van der Waals surface area contributed by atoms with Crippen LogP contribution in [0.25, 0.3) is 0 Å². The lowest BCUT2D eigenvalue weighted by Gasteiger charge is -2.21. The Morgan fingerprint density at radius 3 is 2.50 bits per heavy atom. The molecule has 5 heteroatoms.